The van der Waals surface area contributed by atoms with E-state index in [9.17, 15) is 5.11 Å². The van der Waals surface area contributed by atoms with Crippen LogP contribution >= 0.6 is 0 Å². The first-order valence-corrected chi connectivity index (χ1v) is 6.76. The van der Waals surface area contributed by atoms with Gasteiger partial charge in [-0.15, -0.1) is 0 Å². The van der Waals surface area contributed by atoms with Gasteiger partial charge in [0.2, 0.25) is 0 Å². The van der Waals surface area contributed by atoms with Crippen LogP contribution in [0.15, 0.2) is 12.3 Å². The first-order valence-electron chi connectivity index (χ1n) is 6.76. The molecule has 1 aliphatic carbocycles. The van der Waals surface area contributed by atoms with Gasteiger partial charge in [-0.1, -0.05) is 13.3 Å². The van der Waals surface area contributed by atoms with Gasteiger partial charge in [0, 0.05) is 30.6 Å². The summed E-state index contributed by atoms with van der Waals surface area (Å²) in [6, 6.07) is 2.06. The van der Waals surface area contributed by atoms with Crippen LogP contribution in [0, 0.1) is 0 Å². The lowest BCUT2D eigenvalue weighted by Crippen LogP contribution is -2.14. The van der Waals surface area contributed by atoms with Crippen molar-refractivity contribution in [2.24, 2.45) is 0 Å². The Labute approximate surface area is 103 Å². The van der Waals surface area contributed by atoms with Gasteiger partial charge in [-0.05, 0) is 31.7 Å². The summed E-state index contributed by atoms with van der Waals surface area (Å²) >= 11 is 0. The van der Waals surface area contributed by atoms with Crippen LogP contribution in [0.2, 0.25) is 0 Å². The van der Waals surface area contributed by atoms with Gasteiger partial charge in [0.15, 0.2) is 0 Å². The van der Waals surface area contributed by atoms with E-state index >= 15 is 0 Å². The molecule has 1 aliphatic rings. The van der Waals surface area contributed by atoms with Crippen molar-refractivity contribution < 1.29 is 9.84 Å². The minimum atomic E-state index is -0.249. The second kappa shape index (κ2) is 6.22. The van der Waals surface area contributed by atoms with Crippen molar-refractivity contribution in [3.05, 3.63) is 23.5 Å². The summed E-state index contributed by atoms with van der Waals surface area (Å²) in [4.78, 5) is 0. The minimum Gasteiger partial charge on any atom is -0.388 e. The van der Waals surface area contributed by atoms with Gasteiger partial charge in [-0.2, -0.15) is 0 Å². The number of hydrogen-bond acceptors (Lipinski definition) is 2. The number of aliphatic hydroxyl groups is 1. The van der Waals surface area contributed by atoms with E-state index < -0.39 is 0 Å². The smallest absolute Gasteiger partial charge is 0.0807 e. The number of ether oxygens (including phenoxy) is 1. The van der Waals surface area contributed by atoms with Crippen LogP contribution in [-0.2, 0) is 17.7 Å². The van der Waals surface area contributed by atoms with Crippen molar-refractivity contribution in [2.75, 3.05) is 13.2 Å². The minimum absolute atomic E-state index is 0.249. The van der Waals surface area contributed by atoms with Gasteiger partial charge < -0.3 is 14.4 Å². The Morgan fingerprint density at radius 2 is 2.35 bits per heavy atom. The van der Waals surface area contributed by atoms with E-state index in [0.29, 0.717) is 0 Å². The lowest BCUT2D eigenvalue weighted by molar-refractivity contribution is 0.121. The van der Waals surface area contributed by atoms with Crippen LogP contribution in [0.4, 0.5) is 0 Å². The summed E-state index contributed by atoms with van der Waals surface area (Å²) in [5.41, 5.74) is 2.44. The van der Waals surface area contributed by atoms with E-state index in [1.807, 2.05) is 0 Å². The maximum absolute atomic E-state index is 9.87. The van der Waals surface area contributed by atoms with Gasteiger partial charge in [0.25, 0.3) is 0 Å². The topological polar surface area (TPSA) is 34.4 Å². The molecule has 2 rings (SSSR count). The van der Waals surface area contributed by atoms with Gasteiger partial charge in [0.05, 0.1) is 12.7 Å². The van der Waals surface area contributed by atoms with Gasteiger partial charge in [0.1, 0.15) is 0 Å². The number of aromatic nitrogens is 1. The molecule has 0 amide bonds. The van der Waals surface area contributed by atoms with Crippen molar-refractivity contribution in [3.63, 3.8) is 0 Å². The maximum atomic E-state index is 9.87. The van der Waals surface area contributed by atoms with E-state index in [2.05, 4.69) is 23.8 Å². The molecule has 0 aliphatic heterocycles. The third-order valence-corrected chi connectivity index (χ3v) is 3.48. The summed E-state index contributed by atoms with van der Waals surface area (Å²) in [5, 5.41) is 9.87. The third kappa shape index (κ3) is 3.11. The lowest BCUT2D eigenvalue weighted by atomic mass is 9.95. The monoisotopic (exact) mass is 237 g/mol. The zero-order valence-electron chi connectivity index (χ0n) is 10.7. The average Bonchev–Trinajstić information content (AvgIpc) is 2.74. The first kappa shape index (κ1) is 12.7. The summed E-state index contributed by atoms with van der Waals surface area (Å²) < 4.78 is 7.82. The van der Waals surface area contributed by atoms with E-state index in [4.69, 9.17) is 4.74 Å². The molecule has 0 spiro atoms. The van der Waals surface area contributed by atoms with Crippen molar-refractivity contribution in [1.82, 2.24) is 4.57 Å². The zero-order chi connectivity index (χ0) is 12.1. The molecule has 0 saturated carbocycles. The van der Waals surface area contributed by atoms with Crippen LogP contribution in [-0.4, -0.2) is 22.9 Å². The molecular formula is C14H23NO2. The number of hydrogen-bond donors (Lipinski definition) is 1. The molecule has 0 saturated heterocycles. The van der Waals surface area contributed by atoms with Gasteiger partial charge in [-0.25, -0.2) is 0 Å². The molecule has 1 atom stereocenters. The van der Waals surface area contributed by atoms with Crippen LogP contribution in [0.25, 0.3) is 0 Å². The van der Waals surface area contributed by atoms with Crippen LogP contribution in [0.1, 0.15) is 50.0 Å². The fourth-order valence-electron chi connectivity index (χ4n) is 2.45. The molecule has 1 heterocycles. The Morgan fingerprint density at radius 1 is 1.47 bits per heavy atom. The highest BCUT2D eigenvalue weighted by Gasteiger charge is 2.20. The van der Waals surface area contributed by atoms with Gasteiger partial charge >= 0.3 is 0 Å². The quantitative estimate of drug-likeness (QED) is 0.772. The molecule has 0 aromatic carbocycles. The highest BCUT2D eigenvalue weighted by molar-refractivity contribution is 5.27. The molecule has 1 aromatic rings. The molecule has 0 bridgehead atoms. The lowest BCUT2D eigenvalue weighted by Gasteiger charge is -2.20. The molecule has 0 radical (unpaired) electrons. The van der Waals surface area contributed by atoms with E-state index in [-0.39, 0.29) is 6.10 Å². The molecule has 3 heteroatoms. The van der Waals surface area contributed by atoms with Crippen molar-refractivity contribution in [1.29, 1.82) is 0 Å². The molecule has 1 unspecified atom stereocenters. The predicted octanol–water partition coefficient (Wildman–Crippen LogP) is 2.67. The van der Waals surface area contributed by atoms with Crippen molar-refractivity contribution in [2.45, 2.75) is 51.7 Å². The fraction of sp³-hybridized carbons (Fsp3) is 0.714. The first-order chi connectivity index (χ1) is 8.33. The SMILES string of the molecule is CCCCOCCn1ccc2c1CCCC2O. The number of rotatable bonds is 6. The third-order valence-electron chi connectivity index (χ3n) is 3.48. The second-order valence-corrected chi connectivity index (χ2v) is 4.79. The fourth-order valence-corrected chi connectivity index (χ4v) is 2.45. The van der Waals surface area contributed by atoms with Crippen LogP contribution in [0.5, 0.6) is 0 Å². The normalized spacial score (nSPS) is 19.3. The number of fused-ring (bicyclic) bond motifs is 1. The van der Waals surface area contributed by atoms with Gasteiger partial charge in [-0.3, -0.25) is 0 Å². The highest BCUT2D eigenvalue weighted by Crippen LogP contribution is 2.30. The molecule has 1 N–H and O–H groups in total. The average molecular weight is 237 g/mol. The molecule has 17 heavy (non-hydrogen) atoms. The molecule has 0 fully saturated rings. The standard InChI is InChI=1S/C14H23NO2/c1-2-3-10-17-11-9-15-8-7-12-13(15)5-4-6-14(12)16/h7-8,14,16H,2-6,9-11H2,1H3. The number of nitrogens with zero attached hydrogens (tertiary/aromatic N) is 1. The predicted molar refractivity (Wildman–Crippen MR) is 68.1 cm³/mol. The van der Waals surface area contributed by atoms with Crippen molar-refractivity contribution in [3.8, 4) is 0 Å². The Kier molecular flexibility index (Phi) is 4.63. The summed E-state index contributed by atoms with van der Waals surface area (Å²) in [7, 11) is 0. The van der Waals surface area contributed by atoms with Crippen molar-refractivity contribution >= 4 is 0 Å². The Bertz CT molecular complexity index is 346. The van der Waals surface area contributed by atoms with E-state index in [1.54, 1.807) is 0 Å². The molecular weight excluding hydrogens is 214 g/mol. The summed E-state index contributed by atoms with van der Waals surface area (Å²) in [6.45, 7) is 4.72. The molecule has 1 aromatic heterocycles. The zero-order valence-corrected chi connectivity index (χ0v) is 10.7. The Hall–Kier alpha value is -0.800. The molecule has 96 valence electrons. The number of aliphatic hydroxyl groups excluding tert-OH is 1. The Balaban J connectivity index is 1.85. The number of unbranched alkanes of at least 4 members (excludes halogenated alkanes) is 1. The van der Waals surface area contributed by atoms with Crippen LogP contribution in [0.3, 0.4) is 0 Å². The Morgan fingerprint density at radius 3 is 3.18 bits per heavy atom. The largest absolute Gasteiger partial charge is 0.388 e. The second-order valence-electron chi connectivity index (χ2n) is 4.79. The highest BCUT2D eigenvalue weighted by atomic mass is 16.5. The van der Waals surface area contributed by atoms with E-state index in [1.165, 1.54) is 12.1 Å². The maximum Gasteiger partial charge on any atom is 0.0807 e. The van der Waals surface area contributed by atoms with E-state index in [0.717, 1.165) is 51.0 Å². The molecule has 3 nitrogen and oxygen atoms in total. The summed E-state index contributed by atoms with van der Waals surface area (Å²) in [6.07, 6.45) is 7.25. The summed E-state index contributed by atoms with van der Waals surface area (Å²) in [5.74, 6) is 0. The van der Waals surface area contributed by atoms with Crippen LogP contribution < -0.4 is 0 Å².